The van der Waals surface area contributed by atoms with E-state index in [4.69, 9.17) is 0 Å². The molecule has 1 N–H and O–H groups in total. The van der Waals surface area contributed by atoms with Gasteiger partial charge in [-0.05, 0) is 63.0 Å². The van der Waals surface area contributed by atoms with Crippen LogP contribution in [0.25, 0.3) is 0 Å². The minimum Gasteiger partial charge on any atom is -0.307 e. The van der Waals surface area contributed by atoms with E-state index in [0.717, 1.165) is 18.4 Å². The Morgan fingerprint density at radius 1 is 1.22 bits per heavy atom. The average molecular weight is 248 g/mol. The van der Waals surface area contributed by atoms with Gasteiger partial charge in [0.2, 0.25) is 0 Å². The number of hydrogen-bond acceptors (Lipinski definition) is 2. The zero-order valence-corrected chi connectivity index (χ0v) is 11.0. The van der Waals surface area contributed by atoms with Crippen molar-refractivity contribution in [1.29, 1.82) is 0 Å². The molecule has 2 aliphatic rings. The van der Waals surface area contributed by atoms with Gasteiger partial charge in [-0.1, -0.05) is 12.1 Å². The maximum Gasteiger partial charge on any atom is 0.126 e. The van der Waals surface area contributed by atoms with Crippen LogP contribution in [0.15, 0.2) is 18.2 Å². The van der Waals surface area contributed by atoms with E-state index in [1.807, 2.05) is 6.07 Å². The highest BCUT2D eigenvalue weighted by molar-refractivity contribution is 5.35. The van der Waals surface area contributed by atoms with E-state index in [0.29, 0.717) is 12.1 Å². The highest BCUT2D eigenvalue weighted by Gasteiger charge is 2.27. The highest BCUT2D eigenvalue weighted by atomic mass is 19.1. The Labute approximate surface area is 108 Å². The Hall–Kier alpha value is -0.930. The summed E-state index contributed by atoms with van der Waals surface area (Å²) in [5.41, 5.74) is 2.12. The van der Waals surface area contributed by atoms with E-state index < -0.39 is 0 Å². The summed E-state index contributed by atoms with van der Waals surface area (Å²) in [5.74, 6) is -0.0276. The van der Waals surface area contributed by atoms with Gasteiger partial charge in [-0.15, -0.1) is 0 Å². The molecule has 1 saturated heterocycles. The fourth-order valence-corrected chi connectivity index (χ4v) is 3.24. The van der Waals surface area contributed by atoms with Crippen molar-refractivity contribution in [2.45, 2.75) is 37.8 Å². The molecule has 0 spiro atoms. The topological polar surface area (TPSA) is 15.3 Å². The molecule has 3 heteroatoms. The number of halogens is 1. The summed E-state index contributed by atoms with van der Waals surface area (Å²) >= 11 is 0. The lowest BCUT2D eigenvalue weighted by molar-refractivity contribution is 0.224. The molecule has 0 bridgehead atoms. The molecular formula is C15H21FN2. The van der Waals surface area contributed by atoms with E-state index in [9.17, 15) is 4.39 Å². The van der Waals surface area contributed by atoms with Gasteiger partial charge in [0.15, 0.2) is 0 Å². The number of fused-ring (bicyclic) bond motifs is 1. The van der Waals surface area contributed by atoms with Crippen molar-refractivity contribution in [2.24, 2.45) is 0 Å². The second kappa shape index (κ2) is 4.98. The van der Waals surface area contributed by atoms with Crippen LogP contribution in [0.5, 0.6) is 0 Å². The molecular weight excluding hydrogens is 227 g/mol. The second-order valence-electron chi connectivity index (χ2n) is 5.64. The fraction of sp³-hybridized carbons (Fsp3) is 0.600. The van der Waals surface area contributed by atoms with Crippen molar-refractivity contribution in [3.63, 3.8) is 0 Å². The van der Waals surface area contributed by atoms with Gasteiger partial charge in [0.1, 0.15) is 5.82 Å². The smallest absolute Gasteiger partial charge is 0.126 e. The maximum atomic E-state index is 13.7. The normalized spacial score (nSPS) is 25.3. The fourth-order valence-electron chi connectivity index (χ4n) is 3.24. The Kier molecular flexibility index (Phi) is 3.35. The van der Waals surface area contributed by atoms with Gasteiger partial charge in [0, 0.05) is 12.1 Å². The van der Waals surface area contributed by atoms with Gasteiger partial charge < -0.3 is 10.2 Å². The molecule has 98 valence electrons. The Balaban J connectivity index is 1.68. The summed E-state index contributed by atoms with van der Waals surface area (Å²) in [6.45, 7) is 2.33. The molecule has 1 heterocycles. The molecule has 1 aliphatic heterocycles. The number of piperidine rings is 1. The first-order valence-electron chi connectivity index (χ1n) is 6.96. The van der Waals surface area contributed by atoms with Crippen molar-refractivity contribution < 1.29 is 4.39 Å². The van der Waals surface area contributed by atoms with E-state index in [1.54, 1.807) is 6.07 Å². The first kappa shape index (κ1) is 12.1. The summed E-state index contributed by atoms with van der Waals surface area (Å²) in [6.07, 6.45) is 4.34. The SMILES string of the molecule is CN1CCC(NC2CCc3c(F)cccc32)CC1. The van der Waals surface area contributed by atoms with E-state index in [2.05, 4.69) is 23.3 Å². The van der Waals surface area contributed by atoms with Crippen LogP contribution in [0, 0.1) is 5.82 Å². The molecule has 0 amide bonds. The zero-order chi connectivity index (χ0) is 12.5. The second-order valence-corrected chi connectivity index (χ2v) is 5.64. The van der Waals surface area contributed by atoms with Crippen LogP contribution in [0.4, 0.5) is 4.39 Å². The number of rotatable bonds is 2. The molecule has 1 aromatic rings. The Bertz CT molecular complexity index is 425. The lowest BCUT2D eigenvalue weighted by Gasteiger charge is -2.31. The number of hydrogen-bond donors (Lipinski definition) is 1. The van der Waals surface area contributed by atoms with Gasteiger partial charge in [0.25, 0.3) is 0 Å². The molecule has 1 aliphatic carbocycles. The highest BCUT2D eigenvalue weighted by Crippen LogP contribution is 2.33. The number of nitrogens with zero attached hydrogens (tertiary/aromatic N) is 1. The van der Waals surface area contributed by atoms with Crippen molar-refractivity contribution in [2.75, 3.05) is 20.1 Å². The number of benzene rings is 1. The van der Waals surface area contributed by atoms with Gasteiger partial charge >= 0.3 is 0 Å². The third-order valence-corrected chi connectivity index (χ3v) is 4.37. The predicted molar refractivity (Wildman–Crippen MR) is 71.1 cm³/mol. The third kappa shape index (κ3) is 2.29. The molecule has 1 unspecified atom stereocenters. The average Bonchev–Trinajstić information content (AvgIpc) is 2.77. The molecule has 3 rings (SSSR count). The van der Waals surface area contributed by atoms with Crippen LogP contribution in [-0.4, -0.2) is 31.1 Å². The minimum atomic E-state index is -0.0276. The van der Waals surface area contributed by atoms with Gasteiger partial charge in [-0.3, -0.25) is 0 Å². The summed E-state index contributed by atoms with van der Waals surface area (Å²) in [6, 6.07) is 6.46. The Morgan fingerprint density at radius 2 is 2.00 bits per heavy atom. The standard InChI is InChI=1S/C15H21FN2/c1-18-9-7-11(8-10-18)17-15-6-5-12-13(15)3-2-4-14(12)16/h2-4,11,15,17H,5-10H2,1H3. The van der Waals surface area contributed by atoms with Crippen LogP contribution in [0.1, 0.15) is 36.4 Å². The first-order chi connectivity index (χ1) is 8.74. The molecule has 1 aromatic carbocycles. The number of likely N-dealkylation sites (tertiary alicyclic amines) is 1. The van der Waals surface area contributed by atoms with Crippen LogP contribution in [-0.2, 0) is 6.42 Å². The molecule has 0 radical (unpaired) electrons. The van der Waals surface area contributed by atoms with Gasteiger partial charge in [0.05, 0.1) is 0 Å². The van der Waals surface area contributed by atoms with E-state index in [-0.39, 0.29) is 5.82 Å². The quantitative estimate of drug-likeness (QED) is 0.865. The summed E-state index contributed by atoms with van der Waals surface area (Å²) in [5, 5.41) is 3.73. The Morgan fingerprint density at radius 3 is 2.78 bits per heavy atom. The molecule has 1 atom stereocenters. The van der Waals surface area contributed by atoms with Gasteiger partial charge in [-0.25, -0.2) is 4.39 Å². The minimum absolute atomic E-state index is 0.0276. The van der Waals surface area contributed by atoms with Crippen molar-refractivity contribution >= 4 is 0 Å². The predicted octanol–water partition coefficient (Wildman–Crippen LogP) is 2.50. The van der Waals surface area contributed by atoms with E-state index >= 15 is 0 Å². The monoisotopic (exact) mass is 248 g/mol. The molecule has 18 heavy (non-hydrogen) atoms. The largest absolute Gasteiger partial charge is 0.307 e. The zero-order valence-electron chi connectivity index (χ0n) is 11.0. The van der Waals surface area contributed by atoms with Crippen LogP contribution < -0.4 is 5.32 Å². The van der Waals surface area contributed by atoms with E-state index in [1.165, 1.54) is 31.5 Å². The van der Waals surface area contributed by atoms with Crippen molar-refractivity contribution in [3.05, 3.63) is 35.1 Å². The molecule has 1 fully saturated rings. The van der Waals surface area contributed by atoms with Gasteiger partial charge in [-0.2, -0.15) is 0 Å². The molecule has 0 aromatic heterocycles. The maximum absolute atomic E-state index is 13.7. The number of nitrogens with one attached hydrogen (secondary N) is 1. The molecule has 2 nitrogen and oxygen atoms in total. The third-order valence-electron chi connectivity index (χ3n) is 4.37. The summed E-state index contributed by atoms with van der Waals surface area (Å²) in [4.78, 5) is 2.38. The van der Waals surface area contributed by atoms with Crippen molar-refractivity contribution in [1.82, 2.24) is 10.2 Å². The first-order valence-corrected chi connectivity index (χ1v) is 6.96. The summed E-state index contributed by atoms with van der Waals surface area (Å²) < 4.78 is 13.7. The van der Waals surface area contributed by atoms with Crippen LogP contribution >= 0.6 is 0 Å². The van der Waals surface area contributed by atoms with Crippen LogP contribution in [0.2, 0.25) is 0 Å². The molecule has 0 saturated carbocycles. The van der Waals surface area contributed by atoms with Crippen molar-refractivity contribution in [3.8, 4) is 0 Å². The lowest BCUT2D eigenvalue weighted by Crippen LogP contribution is -2.41. The van der Waals surface area contributed by atoms with Crippen LogP contribution in [0.3, 0.4) is 0 Å². The summed E-state index contributed by atoms with van der Waals surface area (Å²) in [7, 11) is 2.18. The lowest BCUT2D eigenvalue weighted by atomic mass is 10.0.